The van der Waals surface area contributed by atoms with Gasteiger partial charge in [-0.15, -0.1) is 0 Å². The van der Waals surface area contributed by atoms with E-state index in [4.69, 9.17) is 21.7 Å². The zero-order chi connectivity index (χ0) is 23.6. The molecule has 2 heterocycles. The van der Waals surface area contributed by atoms with Crippen molar-refractivity contribution in [1.82, 2.24) is 19.7 Å². The maximum absolute atomic E-state index is 6.12. The predicted octanol–water partition coefficient (Wildman–Crippen LogP) is 7.92. The molecule has 0 spiro atoms. The molecule has 2 aromatic heterocycles. The molecule has 0 unspecified atom stereocenters. The molecule has 0 bridgehead atoms. The SMILES string of the molecule is Clc1ccc(-c2cc(-c3nc(-c4ccccc4)c(-c4ccccc4)[nH]3)n(-c3ccccc3)n2)cc1. The fourth-order valence-electron chi connectivity index (χ4n) is 4.19. The molecular weight excluding hydrogens is 452 g/mol. The molecule has 0 aliphatic carbocycles. The second-order valence-electron chi connectivity index (χ2n) is 8.21. The van der Waals surface area contributed by atoms with Crippen LogP contribution in [0.25, 0.3) is 51.0 Å². The van der Waals surface area contributed by atoms with Gasteiger partial charge in [-0.1, -0.05) is 103 Å². The average molecular weight is 473 g/mol. The number of benzene rings is 4. The summed E-state index contributed by atoms with van der Waals surface area (Å²) in [5, 5.41) is 5.65. The number of para-hydroxylation sites is 1. The number of aromatic nitrogens is 4. The van der Waals surface area contributed by atoms with Gasteiger partial charge in [-0.25, -0.2) is 9.67 Å². The molecule has 0 radical (unpaired) electrons. The summed E-state index contributed by atoms with van der Waals surface area (Å²) in [6.45, 7) is 0. The van der Waals surface area contributed by atoms with Gasteiger partial charge in [-0.3, -0.25) is 0 Å². The van der Waals surface area contributed by atoms with E-state index in [1.165, 1.54) is 0 Å². The maximum atomic E-state index is 6.12. The van der Waals surface area contributed by atoms with E-state index in [2.05, 4.69) is 35.3 Å². The molecule has 0 fully saturated rings. The number of H-pyrrole nitrogens is 1. The van der Waals surface area contributed by atoms with Gasteiger partial charge >= 0.3 is 0 Å². The summed E-state index contributed by atoms with van der Waals surface area (Å²) < 4.78 is 1.94. The van der Waals surface area contributed by atoms with E-state index in [0.29, 0.717) is 5.02 Å². The highest BCUT2D eigenvalue weighted by atomic mass is 35.5. The number of hydrogen-bond acceptors (Lipinski definition) is 2. The number of hydrogen-bond donors (Lipinski definition) is 1. The van der Waals surface area contributed by atoms with E-state index in [1.54, 1.807) is 0 Å². The Morgan fingerprint density at radius 1 is 0.629 bits per heavy atom. The minimum absolute atomic E-state index is 0.697. The minimum atomic E-state index is 0.697. The smallest absolute Gasteiger partial charge is 0.157 e. The van der Waals surface area contributed by atoms with Crippen LogP contribution in [0.2, 0.25) is 5.02 Å². The molecule has 168 valence electrons. The van der Waals surface area contributed by atoms with Gasteiger partial charge in [0.05, 0.1) is 22.8 Å². The maximum Gasteiger partial charge on any atom is 0.157 e. The number of nitrogens with one attached hydrogen (secondary N) is 1. The van der Waals surface area contributed by atoms with Gasteiger partial charge in [0.1, 0.15) is 5.69 Å². The molecule has 0 saturated carbocycles. The number of halogens is 1. The van der Waals surface area contributed by atoms with Gasteiger partial charge in [0.15, 0.2) is 5.82 Å². The van der Waals surface area contributed by atoms with Crippen LogP contribution in [0, 0.1) is 0 Å². The van der Waals surface area contributed by atoms with Crippen molar-refractivity contribution in [3.05, 3.63) is 126 Å². The lowest BCUT2D eigenvalue weighted by atomic mass is 10.1. The van der Waals surface area contributed by atoms with E-state index < -0.39 is 0 Å². The van der Waals surface area contributed by atoms with E-state index in [-0.39, 0.29) is 0 Å². The monoisotopic (exact) mass is 472 g/mol. The first-order chi connectivity index (χ1) is 17.3. The van der Waals surface area contributed by atoms with Gasteiger partial charge in [-0.2, -0.15) is 5.10 Å². The predicted molar refractivity (Wildman–Crippen MR) is 142 cm³/mol. The first kappa shape index (κ1) is 21.1. The van der Waals surface area contributed by atoms with Crippen LogP contribution in [0.5, 0.6) is 0 Å². The zero-order valence-electron chi connectivity index (χ0n) is 18.8. The first-order valence-electron chi connectivity index (χ1n) is 11.4. The third-order valence-electron chi connectivity index (χ3n) is 5.91. The van der Waals surface area contributed by atoms with Crippen molar-refractivity contribution >= 4 is 11.6 Å². The van der Waals surface area contributed by atoms with Crippen molar-refractivity contribution < 1.29 is 0 Å². The summed E-state index contributed by atoms with van der Waals surface area (Å²) in [6.07, 6.45) is 0. The van der Waals surface area contributed by atoms with Crippen LogP contribution in [-0.2, 0) is 0 Å². The minimum Gasteiger partial charge on any atom is -0.336 e. The van der Waals surface area contributed by atoms with Gasteiger partial charge in [-0.05, 0) is 30.3 Å². The molecule has 1 N–H and O–H groups in total. The summed E-state index contributed by atoms with van der Waals surface area (Å²) in [6, 6.07) is 40.4. The largest absolute Gasteiger partial charge is 0.336 e. The Morgan fingerprint density at radius 3 is 1.89 bits per heavy atom. The van der Waals surface area contributed by atoms with Crippen LogP contribution in [0.15, 0.2) is 121 Å². The van der Waals surface area contributed by atoms with Gasteiger partial charge < -0.3 is 4.98 Å². The van der Waals surface area contributed by atoms with E-state index >= 15 is 0 Å². The van der Waals surface area contributed by atoms with Crippen LogP contribution in [-0.4, -0.2) is 19.7 Å². The molecule has 0 atom stereocenters. The third-order valence-corrected chi connectivity index (χ3v) is 6.16. The molecule has 5 heteroatoms. The van der Waals surface area contributed by atoms with Crippen LogP contribution < -0.4 is 0 Å². The highest BCUT2D eigenvalue weighted by molar-refractivity contribution is 6.30. The highest BCUT2D eigenvalue weighted by Crippen LogP contribution is 2.35. The Kier molecular flexibility index (Phi) is 5.49. The van der Waals surface area contributed by atoms with E-state index in [0.717, 1.165) is 51.0 Å². The number of nitrogens with zero attached hydrogens (tertiary/aromatic N) is 3. The van der Waals surface area contributed by atoms with Crippen LogP contribution in [0.4, 0.5) is 0 Å². The van der Waals surface area contributed by atoms with Crippen molar-refractivity contribution in [3.63, 3.8) is 0 Å². The molecule has 6 rings (SSSR count). The molecule has 4 nitrogen and oxygen atoms in total. The van der Waals surface area contributed by atoms with Crippen molar-refractivity contribution in [2.24, 2.45) is 0 Å². The lowest BCUT2D eigenvalue weighted by molar-refractivity contribution is 0.885. The van der Waals surface area contributed by atoms with Crippen LogP contribution in [0.1, 0.15) is 0 Å². The average Bonchev–Trinajstić information content (AvgIpc) is 3.56. The standard InChI is InChI=1S/C30H21ClN4/c31-24-18-16-21(17-19-24)26-20-27(35(34-26)25-14-8-3-9-15-25)30-32-28(22-10-4-1-5-11-22)29(33-30)23-12-6-2-7-13-23/h1-20H,(H,32,33). The van der Waals surface area contributed by atoms with Crippen LogP contribution in [0.3, 0.4) is 0 Å². The van der Waals surface area contributed by atoms with Crippen LogP contribution >= 0.6 is 11.6 Å². The zero-order valence-corrected chi connectivity index (χ0v) is 19.5. The summed E-state index contributed by atoms with van der Waals surface area (Å²) in [5.74, 6) is 0.749. The molecule has 0 aliphatic heterocycles. The fraction of sp³-hybridized carbons (Fsp3) is 0. The number of rotatable bonds is 5. The Labute approximate surface area is 208 Å². The van der Waals surface area contributed by atoms with E-state index in [9.17, 15) is 0 Å². The molecule has 6 aromatic rings. The number of aromatic amines is 1. The molecule has 0 aliphatic rings. The van der Waals surface area contributed by atoms with Gasteiger partial charge in [0, 0.05) is 21.7 Å². The molecule has 0 amide bonds. The normalized spacial score (nSPS) is 11.0. The van der Waals surface area contributed by atoms with Gasteiger partial charge in [0.25, 0.3) is 0 Å². The van der Waals surface area contributed by atoms with Crippen molar-refractivity contribution in [2.75, 3.05) is 0 Å². The Bertz CT molecular complexity index is 1510. The number of imidazole rings is 1. The lowest BCUT2D eigenvalue weighted by Gasteiger charge is -2.05. The van der Waals surface area contributed by atoms with Gasteiger partial charge in [0.2, 0.25) is 0 Å². The highest BCUT2D eigenvalue weighted by Gasteiger charge is 2.20. The second kappa shape index (κ2) is 9.09. The third kappa shape index (κ3) is 4.16. The fourth-order valence-corrected chi connectivity index (χ4v) is 4.32. The first-order valence-corrected chi connectivity index (χ1v) is 11.8. The van der Waals surface area contributed by atoms with Crippen molar-refractivity contribution in [3.8, 4) is 51.0 Å². The summed E-state index contributed by atoms with van der Waals surface area (Å²) in [7, 11) is 0. The summed E-state index contributed by atoms with van der Waals surface area (Å²) in [5.41, 5.74) is 7.68. The Balaban J connectivity index is 1.56. The summed E-state index contributed by atoms with van der Waals surface area (Å²) in [4.78, 5) is 8.70. The molecule has 35 heavy (non-hydrogen) atoms. The van der Waals surface area contributed by atoms with Crippen molar-refractivity contribution in [1.29, 1.82) is 0 Å². The quantitative estimate of drug-likeness (QED) is 0.277. The molecular formula is C30H21ClN4. The lowest BCUT2D eigenvalue weighted by Crippen LogP contribution is -1.99. The van der Waals surface area contributed by atoms with Crippen molar-refractivity contribution in [2.45, 2.75) is 0 Å². The molecule has 0 saturated heterocycles. The topological polar surface area (TPSA) is 46.5 Å². The Morgan fingerprint density at radius 2 is 1.23 bits per heavy atom. The summed E-state index contributed by atoms with van der Waals surface area (Å²) >= 11 is 6.12. The molecule has 4 aromatic carbocycles. The van der Waals surface area contributed by atoms with E-state index in [1.807, 2.05) is 95.7 Å². The Hall–Kier alpha value is -4.41. The second-order valence-corrected chi connectivity index (χ2v) is 8.65.